The molecule has 6 nitrogen and oxygen atoms in total. The molecule has 0 atom stereocenters. The van der Waals surface area contributed by atoms with E-state index in [1.54, 1.807) is 6.07 Å². The largest absolute Gasteiger partial charge is 0.491 e. The molecule has 7 heteroatoms. The van der Waals surface area contributed by atoms with Gasteiger partial charge in [0.25, 0.3) is 0 Å². The summed E-state index contributed by atoms with van der Waals surface area (Å²) >= 11 is 0. The van der Waals surface area contributed by atoms with E-state index in [0.29, 0.717) is 44.6 Å². The number of nitrogens with zero attached hydrogens (tertiary/aromatic N) is 1. The summed E-state index contributed by atoms with van der Waals surface area (Å²) in [6.45, 7) is 10.5. The van der Waals surface area contributed by atoms with Crippen LogP contribution in [0.25, 0.3) is 0 Å². The lowest BCUT2D eigenvalue weighted by atomic mass is 9.97. The third-order valence-electron chi connectivity index (χ3n) is 4.61. The molecule has 0 aromatic heterocycles. The standard InChI is InChI=1S/C19H30FN3O3.C2H6/c1-15-2-3-17(20)12-18(15)26-11-10-25-9-6-22-19(24)14-23-7-4-16(13-21)5-8-23;1-2/h2-3,12,16H,4-11,13-14,21H2,1H3,(H,22,24);1-2H3. The van der Waals surface area contributed by atoms with E-state index in [-0.39, 0.29) is 11.7 Å². The maximum atomic E-state index is 13.1. The molecule has 28 heavy (non-hydrogen) atoms. The molecule has 1 aromatic rings. The minimum atomic E-state index is -0.318. The molecule has 0 aliphatic carbocycles. The molecule has 2 rings (SSSR count). The zero-order valence-electron chi connectivity index (χ0n) is 17.5. The molecule has 160 valence electrons. The molecular weight excluding hydrogens is 361 g/mol. The van der Waals surface area contributed by atoms with Gasteiger partial charge in [-0.25, -0.2) is 4.39 Å². The highest BCUT2D eigenvalue weighted by molar-refractivity contribution is 5.77. The van der Waals surface area contributed by atoms with E-state index in [1.807, 2.05) is 20.8 Å². The molecule has 0 radical (unpaired) electrons. The van der Waals surface area contributed by atoms with Crippen molar-refractivity contribution in [1.29, 1.82) is 0 Å². The summed E-state index contributed by atoms with van der Waals surface area (Å²) in [5.41, 5.74) is 6.56. The van der Waals surface area contributed by atoms with Gasteiger partial charge in [0.2, 0.25) is 5.91 Å². The Morgan fingerprint density at radius 3 is 2.64 bits per heavy atom. The Morgan fingerprint density at radius 2 is 1.96 bits per heavy atom. The smallest absolute Gasteiger partial charge is 0.234 e. The molecule has 0 unspecified atom stereocenters. The van der Waals surface area contributed by atoms with Gasteiger partial charge >= 0.3 is 0 Å². The van der Waals surface area contributed by atoms with Crippen LogP contribution in [-0.2, 0) is 9.53 Å². The van der Waals surface area contributed by atoms with Crippen molar-refractivity contribution in [2.75, 3.05) is 52.5 Å². The first kappa shape index (κ1) is 24.3. The summed E-state index contributed by atoms with van der Waals surface area (Å²) in [5, 5.41) is 2.86. The van der Waals surface area contributed by atoms with Crippen LogP contribution in [0.5, 0.6) is 5.75 Å². The van der Waals surface area contributed by atoms with E-state index >= 15 is 0 Å². The van der Waals surface area contributed by atoms with Gasteiger partial charge in [-0.2, -0.15) is 0 Å². The van der Waals surface area contributed by atoms with E-state index in [2.05, 4.69) is 10.2 Å². The number of amides is 1. The first-order valence-corrected chi connectivity index (χ1v) is 10.2. The molecule has 3 N–H and O–H groups in total. The van der Waals surface area contributed by atoms with E-state index in [9.17, 15) is 9.18 Å². The lowest BCUT2D eigenvalue weighted by Crippen LogP contribution is -2.43. The van der Waals surface area contributed by atoms with Crippen LogP contribution in [-0.4, -0.2) is 63.4 Å². The number of carbonyl (C=O) groups excluding carboxylic acids is 1. The van der Waals surface area contributed by atoms with Crippen molar-refractivity contribution in [2.45, 2.75) is 33.6 Å². The number of benzene rings is 1. The molecule has 1 saturated heterocycles. The zero-order chi connectivity index (χ0) is 20.8. The lowest BCUT2D eigenvalue weighted by Gasteiger charge is -2.30. The van der Waals surface area contributed by atoms with Crippen molar-refractivity contribution in [2.24, 2.45) is 11.7 Å². The highest BCUT2D eigenvalue weighted by Gasteiger charge is 2.19. The molecule has 1 amide bonds. The van der Waals surface area contributed by atoms with Gasteiger partial charge in [0.15, 0.2) is 0 Å². The quantitative estimate of drug-likeness (QED) is 0.593. The number of aryl methyl sites for hydroxylation is 1. The number of rotatable bonds is 10. The van der Waals surface area contributed by atoms with Gasteiger partial charge in [-0.05, 0) is 56.9 Å². The van der Waals surface area contributed by atoms with Crippen molar-refractivity contribution < 1.29 is 18.7 Å². The predicted molar refractivity (Wildman–Crippen MR) is 110 cm³/mol. The van der Waals surface area contributed by atoms with Crippen LogP contribution in [0.3, 0.4) is 0 Å². The monoisotopic (exact) mass is 397 g/mol. The molecule has 1 aromatic carbocycles. The summed E-state index contributed by atoms with van der Waals surface area (Å²) in [7, 11) is 0. The van der Waals surface area contributed by atoms with Crippen LogP contribution < -0.4 is 15.8 Å². The minimum Gasteiger partial charge on any atom is -0.491 e. The second-order valence-corrected chi connectivity index (χ2v) is 6.68. The van der Waals surface area contributed by atoms with E-state index in [4.69, 9.17) is 15.2 Å². The van der Waals surface area contributed by atoms with E-state index in [1.165, 1.54) is 12.1 Å². The van der Waals surface area contributed by atoms with Gasteiger partial charge in [0.1, 0.15) is 18.2 Å². The number of hydrogen-bond donors (Lipinski definition) is 2. The van der Waals surface area contributed by atoms with Crippen LogP contribution in [0.15, 0.2) is 18.2 Å². The van der Waals surface area contributed by atoms with Gasteiger partial charge in [-0.15, -0.1) is 0 Å². The summed E-state index contributed by atoms with van der Waals surface area (Å²) < 4.78 is 24.1. The second kappa shape index (κ2) is 14.3. The highest BCUT2D eigenvalue weighted by atomic mass is 19.1. The van der Waals surface area contributed by atoms with Gasteiger partial charge in [0, 0.05) is 12.6 Å². The lowest BCUT2D eigenvalue weighted by molar-refractivity contribution is -0.122. The van der Waals surface area contributed by atoms with Crippen LogP contribution in [0.2, 0.25) is 0 Å². The van der Waals surface area contributed by atoms with Gasteiger partial charge < -0.3 is 20.5 Å². The van der Waals surface area contributed by atoms with Crippen LogP contribution in [0.1, 0.15) is 32.3 Å². The van der Waals surface area contributed by atoms with Crippen molar-refractivity contribution in [3.05, 3.63) is 29.6 Å². The third kappa shape index (κ3) is 9.48. The second-order valence-electron chi connectivity index (χ2n) is 6.68. The molecule has 1 aliphatic heterocycles. The topological polar surface area (TPSA) is 76.8 Å². The van der Waals surface area contributed by atoms with Crippen LogP contribution in [0.4, 0.5) is 4.39 Å². The van der Waals surface area contributed by atoms with Crippen molar-refractivity contribution in [3.63, 3.8) is 0 Å². The Kier molecular flexibility index (Phi) is 12.4. The highest BCUT2D eigenvalue weighted by Crippen LogP contribution is 2.18. The zero-order valence-corrected chi connectivity index (χ0v) is 17.5. The Balaban J connectivity index is 0.00000190. The number of halogens is 1. The Labute approximate surface area is 168 Å². The average Bonchev–Trinajstić information content (AvgIpc) is 2.72. The normalized spacial score (nSPS) is 14.9. The molecular formula is C21H36FN3O3. The summed E-state index contributed by atoms with van der Waals surface area (Å²) in [6.07, 6.45) is 2.13. The number of nitrogens with one attached hydrogen (secondary N) is 1. The fraction of sp³-hybridized carbons (Fsp3) is 0.667. The maximum Gasteiger partial charge on any atom is 0.234 e. The van der Waals surface area contributed by atoms with E-state index < -0.39 is 0 Å². The van der Waals surface area contributed by atoms with Gasteiger partial charge in [-0.3, -0.25) is 9.69 Å². The maximum absolute atomic E-state index is 13.1. The number of carbonyl (C=O) groups is 1. The molecule has 1 aliphatic rings. The number of ether oxygens (including phenoxy) is 2. The first-order valence-electron chi connectivity index (χ1n) is 10.2. The van der Waals surface area contributed by atoms with Crippen LogP contribution >= 0.6 is 0 Å². The van der Waals surface area contributed by atoms with Crippen molar-refractivity contribution in [1.82, 2.24) is 10.2 Å². The average molecular weight is 398 g/mol. The van der Waals surface area contributed by atoms with Crippen LogP contribution in [0, 0.1) is 18.7 Å². The number of piperidine rings is 1. The fourth-order valence-electron chi connectivity index (χ4n) is 2.94. The van der Waals surface area contributed by atoms with Crippen molar-refractivity contribution in [3.8, 4) is 5.75 Å². The summed E-state index contributed by atoms with van der Waals surface area (Å²) in [4.78, 5) is 14.1. The summed E-state index contributed by atoms with van der Waals surface area (Å²) in [6, 6.07) is 4.45. The Bertz CT molecular complexity index is 564. The third-order valence-corrected chi connectivity index (χ3v) is 4.61. The molecule has 1 heterocycles. The molecule has 0 bridgehead atoms. The number of likely N-dealkylation sites (tertiary alicyclic amines) is 1. The molecule has 0 saturated carbocycles. The van der Waals surface area contributed by atoms with E-state index in [0.717, 1.165) is 38.0 Å². The molecule has 1 fully saturated rings. The number of hydrogen-bond acceptors (Lipinski definition) is 5. The van der Waals surface area contributed by atoms with Gasteiger partial charge in [-0.1, -0.05) is 19.9 Å². The summed E-state index contributed by atoms with van der Waals surface area (Å²) in [5.74, 6) is 0.828. The SMILES string of the molecule is CC.Cc1ccc(F)cc1OCCOCCNC(=O)CN1CCC(CN)CC1. The molecule has 0 spiro atoms. The number of nitrogens with two attached hydrogens (primary N) is 1. The minimum absolute atomic E-state index is 0.0198. The predicted octanol–water partition coefficient (Wildman–Crippen LogP) is 2.34. The Morgan fingerprint density at radius 1 is 1.25 bits per heavy atom. The van der Waals surface area contributed by atoms with Gasteiger partial charge in [0.05, 0.1) is 19.8 Å². The fourth-order valence-corrected chi connectivity index (χ4v) is 2.94. The Hall–Kier alpha value is -1.70. The first-order chi connectivity index (χ1) is 13.6. The van der Waals surface area contributed by atoms with Crippen molar-refractivity contribution >= 4 is 5.91 Å².